The number of aliphatic hydroxyl groups excluding tert-OH is 1. The minimum atomic E-state index is -3.82. The molecule has 1 amide bonds. The zero-order valence-electron chi connectivity index (χ0n) is 10.2. The number of carbonyl (C=O) groups is 2. The highest BCUT2D eigenvalue weighted by atomic mass is 32.2. The van der Waals surface area contributed by atoms with Crippen LogP contribution < -0.4 is 0 Å². The molecule has 0 aromatic carbocycles. The summed E-state index contributed by atoms with van der Waals surface area (Å²) in [5.74, 6) is -3.02. The van der Waals surface area contributed by atoms with E-state index in [0.717, 1.165) is 4.90 Å². The van der Waals surface area contributed by atoms with Crippen LogP contribution in [0.3, 0.4) is 0 Å². The number of hydrogen-bond acceptors (Lipinski definition) is 5. The molecule has 0 unspecified atom stereocenters. The van der Waals surface area contributed by atoms with Crippen LogP contribution in [0.2, 0.25) is 0 Å². The first-order valence-corrected chi connectivity index (χ1v) is 7.06. The Morgan fingerprint density at radius 2 is 1.94 bits per heavy atom. The summed E-state index contributed by atoms with van der Waals surface area (Å²) < 4.78 is 23.0. The van der Waals surface area contributed by atoms with Gasteiger partial charge in [-0.3, -0.25) is 4.79 Å². The molecule has 0 saturated carbocycles. The lowest BCUT2D eigenvalue weighted by atomic mass is 9.88. The van der Waals surface area contributed by atoms with Gasteiger partial charge in [0.15, 0.2) is 9.84 Å². The van der Waals surface area contributed by atoms with Crippen molar-refractivity contribution in [2.75, 3.05) is 0 Å². The van der Waals surface area contributed by atoms with Crippen molar-refractivity contribution in [2.45, 2.75) is 43.0 Å². The van der Waals surface area contributed by atoms with Crippen LogP contribution in [0.15, 0.2) is 0 Å². The van der Waals surface area contributed by atoms with Crippen LogP contribution in [0.5, 0.6) is 0 Å². The van der Waals surface area contributed by atoms with Crippen molar-refractivity contribution in [3.63, 3.8) is 0 Å². The van der Waals surface area contributed by atoms with Crippen molar-refractivity contribution in [1.29, 1.82) is 0 Å². The molecule has 18 heavy (non-hydrogen) atoms. The predicted octanol–water partition coefficient (Wildman–Crippen LogP) is -1.19. The molecule has 102 valence electrons. The Balaban J connectivity index is 2.56. The Morgan fingerprint density at radius 1 is 1.44 bits per heavy atom. The molecule has 2 heterocycles. The molecule has 8 heteroatoms. The van der Waals surface area contributed by atoms with Crippen LogP contribution in [0.25, 0.3) is 0 Å². The first-order chi connectivity index (χ1) is 8.05. The van der Waals surface area contributed by atoms with E-state index >= 15 is 0 Å². The molecule has 0 aromatic rings. The maximum Gasteiger partial charge on any atom is 0.328 e. The van der Waals surface area contributed by atoms with Gasteiger partial charge in [-0.2, -0.15) is 0 Å². The number of sulfone groups is 1. The highest BCUT2D eigenvalue weighted by molar-refractivity contribution is 7.93. The second kappa shape index (κ2) is 3.45. The normalized spacial score (nSPS) is 37.9. The van der Waals surface area contributed by atoms with Gasteiger partial charge in [-0.05, 0) is 20.8 Å². The highest BCUT2D eigenvalue weighted by Gasteiger charge is 2.72. The number of aliphatic carboxylic acids is 1. The number of carbonyl (C=O) groups excluding carboxylic acids is 1. The van der Waals surface area contributed by atoms with Gasteiger partial charge in [0, 0.05) is 0 Å². The van der Waals surface area contributed by atoms with E-state index < -0.39 is 49.9 Å². The van der Waals surface area contributed by atoms with Crippen molar-refractivity contribution < 1.29 is 28.2 Å². The van der Waals surface area contributed by atoms with Crippen molar-refractivity contribution in [2.24, 2.45) is 5.92 Å². The van der Waals surface area contributed by atoms with Crippen LogP contribution in [-0.2, 0) is 19.4 Å². The molecule has 2 aliphatic rings. The van der Waals surface area contributed by atoms with E-state index in [0.29, 0.717) is 0 Å². The van der Waals surface area contributed by atoms with Gasteiger partial charge in [-0.1, -0.05) is 0 Å². The van der Waals surface area contributed by atoms with E-state index in [4.69, 9.17) is 5.11 Å². The van der Waals surface area contributed by atoms with Crippen LogP contribution in [0, 0.1) is 5.92 Å². The van der Waals surface area contributed by atoms with Gasteiger partial charge in [-0.15, -0.1) is 0 Å². The van der Waals surface area contributed by atoms with Gasteiger partial charge in [0.1, 0.15) is 11.4 Å². The van der Waals surface area contributed by atoms with E-state index in [2.05, 4.69) is 0 Å². The molecular weight excluding hydrogens is 262 g/mol. The third kappa shape index (κ3) is 1.24. The van der Waals surface area contributed by atoms with E-state index in [1.807, 2.05) is 0 Å². The Bertz CT molecular complexity index is 522. The number of amides is 1. The lowest BCUT2D eigenvalue weighted by Gasteiger charge is -2.43. The molecule has 0 bridgehead atoms. The summed E-state index contributed by atoms with van der Waals surface area (Å²) in [6.45, 7) is 3.92. The molecule has 2 aliphatic heterocycles. The summed E-state index contributed by atoms with van der Waals surface area (Å²) in [7, 11) is -3.82. The Labute approximate surface area is 104 Å². The fourth-order valence-electron chi connectivity index (χ4n) is 2.79. The zero-order chi connectivity index (χ0) is 14.0. The summed E-state index contributed by atoms with van der Waals surface area (Å²) >= 11 is 0. The standard InChI is InChI=1S/C10H15NO6S/c1-4(12)5-7(13)11-6(9(14)15)10(2,3)18(16,17)8(5)11/h4-6,8,12H,1-3H3,(H,14,15)/t4-,5-,6-,8+/m0/s1. The number of β-lactam (4-membered cyclic amide) rings is 1. The topological polar surface area (TPSA) is 112 Å². The molecule has 0 spiro atoms. The Kier molecular flexibility index (Phi) is 2.54. The van der Waals surface area contributed by atoms with Gasteiger partial charge >= 0.3 is 5.97 Å². The number of aliphatic hydroxyl groups is 1. The maximum atomic E-state index is 12.3. The van der Waals surface area contributed by atoms with Crippen molar-refractivity contribution >= 4 is 21.7 Å². The van der Waals surface area contributed by atoms with E-state index in [1.54, 1.807) is 0 Å². The smallest absolute Gasteiger partial charge is 0.328 e. The molecule has 0 aromatic heterocycles. The first-order valence-electron chi connectivity index (χ1n) is 5.51. The third-order valence-corrected chi connectivity index (χ3v) is 6.71. The minimum Gasteiger partial charge on any atom is -0.480 e. The Hall–Kier alpha value is -1.15. The fraction of sp³-hybridized carbons (Fsp3) is 0.800. The molecular formula is C10H15NO6S. The average molecular weight is 277 g/mol. The van der Waals surface area contributed by atoms with Crippen LogP contribution in [-0.4, -0.2) is 57.7 Å². The summed E-state index contributed by atoms with van der Waals surface area (Å²) in [6.07, 6.45) is -1.11. The van der Waals surface area contributed by atoms with E-state index in [-0.39, 0.29) is 0 Å². The number of nitrogens with zero attached hydrogens (tertiary/aromatic N) is 1. The SMILES string of the molecule is C[C@H](O)[C@H]1C(=O)N2[C@@H](C(=O)O)C(C)(C)S(=O)(=O)[C@H]12. The van der Waals surface area contributed by atoms with Crippen LogP contribution >= 0.6 is 0 Å². The monoisotopic (exact) mass is 277 g/mol. The molecule has 0 radical (unpaired) electrons. The minimum absolute atomic E-state index is 0.614. The number of hydrogen-bond donors (Lipinski definition) is 2. The lowest BCUT2D eigenvalue weighted by molar-refractivity contribution is -0.168. The molecule has 2 rings (SSSR count). The number of carboxylic acids is 1. The van der Waals surface area contributed by atoms with Gasteiger partial charge in [0.05, 0.1) is 16.8 Å². The molecule has 2 N–H and O–H groups in total. The average Bonchev–Trinajstić information content (AvgIpc) is 2.31. The quantitative estimate of drug-likeness (QED) is 0.614. The molecule has 7 nitrogen and oxygen atoms in total. The third-order valence-electron chi connectivity index (χ3n) is 3.86. The maximum absolute atomic E-state index is 12.3. The predicted molar refractivity (Wildman–Crippen MR) is 60.2 cm³/mol. The van der Waals surface area contributed by atoms with Crippen molar-refractivity contribution in [3.8, 4) is 0 Å². The molecule has 2 saturated heterocycles. The molecule has 4 atom stereocenters. The summed E-state index contributed by atoms with van der Waals surface area (Å²) in [4.78, 5) is 23.9. The van der Waals surface area contributed by atoms with Gasteiger partial charge in [0.25, 0.3) is 0 Å². The van der Waals surface area contributed by atoms with Gasteiger partial charge in [0.2, 0.25) is 5.91 Å². The summed E-state index contributed by atoms with van der Waals surface area (Å²) in [5.41, 5.74) is 0. The van der Waals surface area contributed by atoms with E-state index in [9.17, 15) is 23.1 Å². The van der Waals surface area contributed by atoms with Crippen molar-refractivity contribution in [3.05, 3.63) is 0 Å². The van der Waals surface area contributed by atoms with E-state index in [1.165, 1.54) is 20.8 Å². The molecule has 0 aliphatic carbocycles. The summed E-state index contributed by atoms with van der Waals surface area (Å²) in [5, 5.41) is 17.4. The Morgan fingerprint density at radius 3 is 2.33 bits per heavy atom. The number of fused-ring (bicyclic) bond motifs is 1. The number of carboxylic acid groups (broad SMARTS) is 1. The molecule has 2 fully saturated rings. The van der Waals surface area contributed by atoms with Crippen molar-refractivity contribution in [1.82, 2.24) is 4.90 Å². The lowest BCUT2D eigenvalue weighted by Crippen LogP contribution is -2.66. The van der Waals surface area contributed by atoms with Crippen LogP contribution in [0.1, 0.15) is 20.8 Å². The zero-order valence-corrected chi connectivity index (χ0v) is 11.0. The second-order valence-corrected chi connectivity index (χ2v) is 7.92. The first kappa shape index (κ1) is 13.3. The van der Waals surface area contributed by atoms with Gasteiger partial charge in [-0.25, -0.2) is 13.2 Å². The largest absolute Gasteiger partial charge is 0.480 e. The fourth-order valence-corrected chi connectivity index (χ4v) is 5.19. The van der Waals surface area contributed by atoms with Crippen LogP contribution in [0.4, 0.5) is 0 Å². The second-order valence-electron chi connectivity index (χ2n) is 5.29. The number of rotatable bonds is 2. The van der Waals surface area contributed by atoms with Gasteiger partial charge < -0.3 is 15.1 Å². The summed E-state index contributed by atoms with van der Waals surface area (Å²) in [6, 6.07) is -1.39. The highest BCUT2D eigenvalue weighted by Crippen LogP contribution is 2.49.